The smallest absolute Gasteiger partial charge is 0.130 e. The summed E-state index contributed by atoms with van der Waals surface area (Å²) in [4.78, 5) is 9.41. The van der Waals surface area contributed by atoms with Gasteiger partial charge in [0.05, 0.1) is 29.5 Å². The lowest BCUT2D eigenvalue weighted by atomic mass is 10.2. The Bertz CT molecular complexity index is 1210. The van der Waals surface area contributed by atoms with E-state index in [2.05, 4.69) is 22.9 Å². The minimum Gasteiger partial charge on any atom is -0.259 e. The fourth-order valence-corrected chi connectivity index (χ4v) is 7.98. The van der Waals surface area contributed by atoms with Crippen LogP contribution in [0.2, 0.25) is 0 Å². The Morgan fingerprint density at radius 1 is 0.714 bits per heavy atom. The summed E-state index contributed by atoms with van der Waals surface area (Å²) in [5, 5.41) is 9.27. The fourth-order valence-electron chi connectivity index (χ4n) is 3.12. The summed E-state index contributed by atoms with van der Waals surface area (Å²) < 4.78 is 8.32. The maximum atomic E-state index is 4.71. The quantitative estimate of drug-likeness (QED) is 0.388. The van der Waals surface area contributed by atoms with E-state index in [0.29, 0.717) is 6.67 Å². The molecule has 2 nitrogen and oxygen atoms in total. The first-order chi connectivity index (χ1) is 10.4. The predicted octanol–water partition coefficient (Wildman–Crippen LogP) is 4.76. The van der Waals surface area contributed by atoms with Gasteiger partial charge in [-0.2, -0.15) is 0 Å². The SMILES string of the molecule is c1cc2sc3c4sc5ccsc5c4c4c(c3c2s1)=NCN=4. The van der Waals surface area contributed by atoms with E-state index in [9.17, 15) is 0 Å². The zero-order valence-corrected chi connectivity index (χ0v) is 13.8. The van der Waals surface area contributed by atoms with Gasteiger partial charge in [0.1, 0.15) is 6.67 Å². The Morgan fingerprint density at radius 3 is 1.76 bits per heavy atom. The normalized spacial score (nSPS) is 14.3. The van der Waals surface area contributed by atoms with Crippen LogP contribution in [-0.2, 0) is 0 Å². The van der Waals surface area contributed by atoms with E-state index in [1.165, 1.54) is 39.0 Å². The number of nitrogens with zero attached hydrogens (tertiary/aromatic N) is 2. The highest BCUT2D eigenvalue weighted by Gasteiger charge is 2.20. The molecular weight excluding hydrogens is 336 g/mol. The van der Waals surface area contributed by atoms with E-state index in [-0.39, 0.29) is 0 Å². The summed E-state index contributed by atoms with van der Waals surface area (Å²) in [7, 11) is 0. The molecule has 0 aliphatic carbocycles. The van der Waals surface area contributed by atoms with Gasteiger partial charge in [-0.15, -0.1) is 45.3 Å². The van der Waals surface area contributed by atoms with Crippen molar-refractivity contribution in [3.8, 4) is 0 Å². The third-order valence-electron chi connectivity index (χ3n) is 3.95. The topological polar surface area (TPSA) is 24.7 Å². The number of benzene rings is 1. The zero-order valence-electron chi connectivity index (χ0n) is 10.5. The van der Waals surface area contributed by atoms with Crippen LogP contribution in [0.3, 0.4) is 0 Å². The van der Waals surface area contributed by atoms with Crippen LogP contribution in [0.5, 0.6) is 0 Å². The molecule has 6 rings (SSSR count). The molecule has 1 aromatic carbocycles. The lowest BCUT2D eigenvalue weighted by Gasteiger charge is -1.94. The Labute approximate surface area is 134 Å². The van der Waals surface area contributed by atoms with Crippen molar-refractivity contribution in [1.82, 2.24) is 0 Å². The van der Waals surface area contributed by atoms with Crippen molar-refractivity contribution in [2.75, 3.05) is 6.67 Å². The summed E-state index contributed by atoms with van der Waals surface area (Å²) >= 11 is 7.46. The molecule has 0 saturated heterocycles. The molecule has 0 fully saturated rings. The van der Waals surface area contributed by atoms with Crippen molar-refractivity contribution in [2.45, 2.75) is 0 Å². The summed E-state index contributed by atoms with van der Waals surface area (Å²) in [6.45, 7) is 0.578. The Balaban J connectivity index is 2.13. The van der Waals surface area contributed by atoms with Gasteiger partial charge < -0.3 is 0 Å². The Morgan fingerprint density at radius 2 is 1.24 bits per heavy atom. The monoisotopic (exact) mass is 342 g/mol. The van der Waals surface area contributed by atoms with Gasteiger partial charge in [0.15, 0.2) is 0 Å². The molecule has 6 heteroatoms. The van der Waals surface area contributed by atoms with Crippen LogP contribution in [0.25, 0.3) is 39.0 Å². The van der Waals surface area contributed by atoms with Crippen LogP contribution in [0, 0.1) is 0 Å². The van der Waals surface area contributed by atoms with Crippen LogP contribution in [0.1, 0.15) is 0 Å². The lowest BCUT2D eigenvalue weighted by molar-refractivity contribution is 1.06. The van der Waals surface area contributed by atoms with Crippen molar-refractivity contribution in [3.05, 3.63) is 33.6 Å². The molecule has 0 amide bonds. The van der Waals surface area contributed by atoms with Crippen LogP contribution in [0.4, 0.5) is 0 Å². The highest BCUT2D eigenvalue weighted by molar-refractivity contribution is 7.38. The van der Waals surface area contributed by atoms with E-state index in [1.807, 2.05) is 45.3 Å². The second kappa shape index (κ2) is 3.70. The van der Waals surface area contributed by atoms with E-state index in [0.717, 1.165) is 10.7 Å². The highest BCUT2D eigenvalue weighted by atomic mass is 32.1. The summed E-state index contributed by atoms with van der Waals surface area (Å²) in [5.74, 6) is 0. The van der Waals surface area contributed by atoms with Gasteiger partial charge in [0.25, 0.3) is 0 Å². The van der Waals surface area contributed by atoms with Crippen LogP contribution in [-0.4, -0.2) is 6.67 Å². The van der Waals surface area contributed by atoms with Gasteiger partial charge >= 0.3 is 0 Å². The second-order valence-electron chi connectivity index (χ2n) is 5.00. The van der Waals surface area contributed by atoms with Gasteiger partial charge in [-0.25, -0.2) is 0 Å². The molecule has 1 aliphatic heterocycles. The summed E-state index contributed by atoms with van der Waals surface area (Å²) in [5.41, 5.74) is 0. The second-order valence-corrected chi connectivity index (χ2v) is 8.93. The number of fused-ring (bicyclic) bond motifs is 10. The maximum Gasteiger partial charge on any atom is 0.130 e. The van der Waals surface area contributed by atoms with Crippen molar-refractivity contribution in [3.63, 3.8) is 0 Å². The van der Waals surface area contributed by atoms with Gasteiger partial charge in [0, 0.05) is 20.2 Å². The first-order valence-corrected chi connectivity index (χ1v) is 9.91. The van der Waals surface area contributed by atoms with Crippen molar-refractivity contribution >= 4 is 84.3 Å². The molecule has 5 aromatic rings. The van der Waals surface area contributed by atoms with E-state index < -0.39 is 0 Å². The summed E-state index contributed by atoms with van der Waals surface area (Å²) in [6.07, 6.45) is 0. The average Bonchev–Trinajstić information content (AvgIpc) is 3.22. The molecule has 0 unspecified atom stereocenters. The largest absolute Gasteiger partial charge is 0.259 e. The molecule has 0 atom stereocenters. The minimum atomic E-state index is 0.578. The molecule has 0 radical (unpaired) electrons. The van der Waals surface area contributed by atoms with Crippen molar-refractivity contribution < 1.29 is 0 Å². The third-order valence-corrected chi connectivity index (χ3v) is 8.55. The molecule has 1 aliphatic rings. The Kier molecular flexibility index (Phi) is 1.98. The summed E-state index contributed by atoms with van der Waals surface area (Å²) in [6, 6.07) is 4.45. The third kappa shape index (κ3) is 1.24. The molecule has 0 N–H and O–H groups in total. The van der Waals surface area contributed by atoms with Crippen LogP contribution in [0.15, 0.2) is 32.9 Å². The van der Waals surface area contributed by atoms with E-state index >= 15 is 0 Å². The Hall–Kier alpha value is -1.34. The molecular formula is C15H6N2S4. The average molecular weight is 342 g/mol. The molecule has 100 valence electrons. The first kappa shape index (κ1) is 11.3. The zero-order chi connectivity index (χ0) is 13.6. The molecule has 0 bridgehead atoms. The fraction of sp³-hybridized carbons (Fsp3) is 0.0667. The molecule has 0 spiro atoms. The van der Waals surface area contributed by atoms with Crippen molar-refractivity contribution in [1.29, 1.82) is 0 Å². The lowest BCUT2D eigenvalue weighted by Crippen LogP contribution is -2.22. The van der Waals surface area contributed by atoms with Gasteiger partial charge in [-0.3, -0.25) is 9.98 Å². The number of hydrogen-bond acceptors (Lipinski definition) is 6. The maximum absolute atomic E-state index is 4.71. The number of rotatable bonds is 0. The van der Waals surface area contributed by atoms with Gasteiger partial charge in [-0.1, -0.05) is 0 Å². The van der Waals surface area contributed by atoms with E-state index in [4.69, 9.17) is 9.98 Å². The number of thiophene rings is 4. The first-order valence-electron chi connectivity index (χ1n) is 6.52. The molecule has 0 saturated carbocycles. The van der Waals surface area contributed by atoms with Crippen LogP contribution < -0.4 is 10.7 Å². The van der Waals surface area contributed by atoms with Crippen LogP contribution >= 0.6 is 45.3 Å². The van der Waals surface area contributed by atoms with Gasteiger partial charge in [-0.05, 0) is 22.9 Å². The molecule has 21 heavy (non-hydrogen) atoms. The number of hydrogen-bond donors (Lipinski definition) is 0. The minimum absolute atomic E-state index is 0.578. The van der Waals surface area contributed by atoms with Gasteiger partial charge in [0.2, 0.25) is 0 Å². The molecule has 4 aromatic heterocycles. The standard InChI is InChI=1S/C15H6N2S4/c1-3-18-12-6(1)20-14-8(12)10-11(17-5-16-10)9-13-7(2-4-19-13)21-15(9)14/h1-4H,5H2. The highest BCUT2D eigenvalue weighted by Crippen LogP contribution is 2.44. The molecule has 5 heterocycles. The predicted molar refractivity (Wildman–Crippen MR) is 95.2 cm³/mol. The van der Waals surface area contributed by atoms with Crippen molar-refractivity contribution in [2.24, 2.45) is 9.98 Å². The van der Waals surface area contributed by atoms with E-state index in [1.54, 1.807) is 0 Å².